The highest BCUT2D eigenvalue weighted by molar-refractivity contribution is 7.99. The predicted molar refractivity (Wildman–Crippen MR) is 475 cm³/mol. The number of esters is 4. The first-order valence-electron chi connectivity index (χ1n) is 41.3. The monoisotopic (exact) mass is 1860 g/mol. The van der Waals surface area contributed by atoms with Gasteiger partial charge in [-0.05, 0) is 136 Å². The van der Waals surface area contributed by atoms with Crippen LogP contribution in [-0.4, -0.2) is 223 Å². The van der Waals surface area contributed by atoms with Crippen molar-refractivity contribution in [2.45, 2.75) is 172 Å². The smallest absolute Gasteiger partial charge is 0.504 e. The van der Waals surface area contributed by atoms with Crippen molar-refractivity contribution in [3.63, 3.8) is 0 Å². The van der Waals surface area contributed by atoms with Gasteiger partial charge in [-0.3, -0.25) is 39.0 Å². The molecular formula is C94H105N7O29S2. The van der Waals surface area contributed by atoms with Crippen LogP contribution in [0.4, 0.5) is 19.2 Å². The number of thioether (sulfide) groups is 2. The number of fused-ring (bicyclic) bond motifs is 18. The zero-order valence-electron chi connectivity index (χ0n) is 72.4. The molecule has 8 bridgehead atoms. The molecule has 38 heteroatoms. The first kappa shape index (κ1) is 95.3. The van der Waals surface area contributed by atoms with E-state index in [1.165, 1.54) is 87.7 Å². The van der Waals surface area contributed by atoms with Crippen molar-refractivity contribution in [3.8, 4) is 86.6 Å². The molecule has 0 aromatic heterocycles. The summed E-state index contributed by atoms with van der Waals surface area (Å²) >= 11 is 2.53. The van der Waals surface area contributed by atoms with E-state index < -0.39 is 137 Å². The van der Waals surface area contributed by atoms with Crippen molar-refractivity contribution in [1.82, 2.24) is 29.4 Å². The van der Waals surface area contributed by atoms with Crippen LogP contribution in [0.5, 0.6) is 80.5 Å². The number of aryl methyl sites for hydroxylation is 2. The van der Waals surface area contributed by atoms with E-state index in [2.05, 4.69) is 42.2 Å². The van der Waals surface area contributed by atoms with E-state index in [0.717, 1.165) is 47.3 Å². The van der Waals surface area contributed by atoms with E-state index in [-0.39, 0.29) is 126 Å². The molecule has 0 saturated carbocycles. The second kappa shape index (κ2) is 36.8. The van der Waals surface area contributed by atoms with Gasteiger partial charge in [0.05, 0.1) is 100 Å². The van der Waals surface area contributed by atoms with Gasteiger partial charge in [0, 0.05) is 101 Å². The van der Waals surface area contributed by atoms with Crippen LogP contribution in [0, 0.1) is 39.0 Å². The van der Waals surface area contributed by atoms with Gasteiger partial charge in [0.1, 0.15) is 37.0 Å². The van der Waals surface area contributed by atoms with Gasteiger partial charge >= 0.3 is 48.4 Å². The molecule has 4 saturated heterocycles. The number of rotatable bonds is 12. The van der Waals surface area contributed by atoms with E-state index in [4.69, 9.17) is 85.3 Å². The molecule has 20 rings (SSSR count). The van der Waals surface area contributed by atoms with Crippen LogP contribution >= 0.6 is 23.5 Å². The molecule has 14 heterocycles. The van der Waals surface area contributed by atoms with Crippen molar-refractivity contribution in [3.05, 3.63) is 177 Å². The van der Waals surface area contributed by atoms with E-state index in [0.29, 0.717) is 114 Å². The van der Waals surface area contributed by atoms with Gasteiger partial charge in [0.2, 0.25) is 13.6 Å². The van der Waals surface area contributed by atoms with Gasteiger partial charge in [0.15, 0.2) is 80.1 Å². The number of hydrogen-bond acceptors (Lipinski definition) is 36. The number of hydrogen-bond donors (Lipinski definition) is 3. The molecule has 2 unspecified atom stereocenters. The zero-order valence-corrected chi connectivity index (χ0v) is 74.1. The van der Waals surface area contributed by atoms with E-state index in [9.17, 15) is 49.3 Å². The first-order chi connectivity index (χ1) is 62.0. The lowest BCUT2D eigenvalue weighted by molar-refractivity contribution is -0.188. The summed E-state index contributed by atoms with van der Waals surface area (Å²) in [6, 6.07) is 6.33. The van der Waals surface area contributed by atoms with Gasteiger partial charge in [0.25, 0.3) is 0 Å². The van der Waals surface area contributed by atoms with Crippen LogP contribution in [0.2, 0.25) is 0 Å². The summed E-state index contributed by atoms with van der Waals surface area (Å²) in [5, 5.41) is 46.7. The molecule has 14 aliphatic rings. The largest absolute Gasteiger partial charge is 0.518 e. The molecule has 14 aliphatic heterocycles. The summed E-state index contributed by atoms with van der Waals surface area (Å²) in [5.74, 6) is -0.916. The number of aromatic hydroxyl groups is 2. The number of phenolic OH excluding ortho intramolecular Hbond substituents is 2. The molecule has 36 nitrogen and oxygen atoms in total. The summed E-state index contributed by atoms with van der Waals surface area (Å²) in [5.41, 5.74) is 5.14. The minimum Gasteiger partial charge on any atom is -0.504 e. The van der Waals surface area contributed by atoms with Gasteiger partial charge < -0.3 is 101 Å². The number of carbonyl (C=O) groups is 8. The number of methoxy groups -OCH3 is 4. The number of ether oxygens (including phenoxy) is 18. The number of nitrogens with zero attached hydrogens (tertiary/aromatic N) is 7. The molecule has 0 radical (unpaired) electrons. The molecule has 2 spiro atoms. The Bertz CT molecular complexity index is 5860. The predicted octanol–water partition coefficient (Wildman–Crippen LogP) is 13.2. The molecule has 6 aromatic carbocycles. The second-order valence-electron chi connectivity index (χ2n) is 32.7. The summed E-state index contributed by atoms with van der Waals surface area (Å²) in [6.45, 7) is 22.6. The molecule has 2 amide bonds. The lowest BCUT2D eigenvalue weighted by Crippen LogP contribution is -2.70. The quantitative estimate of drug-likeness (QED) is 0.0337. The van der Waals surface area contributed by atoms with E-state index in [1.54, 1.807) is 26.0 Å². The van der Waals surface area contributed by atoms with Crippen molar-refractivity contribution >= 4 is 71.9 Å². The van der Waals surface area contributed by atoms with Gasteiger partial charge in [-0.25, -0.2) is 28.8 Å². The van der Waals surface area contributed by atoms with Gasteiger partial charge in [-0.15, -0.1) is 23.5 Å². The Morgan fingerprint density at radius 2 is 0.894 bits per heavy atom. The topological polar surface area (TPSA) is 407 Å². The molecule has 3 N–H and O–H groups in total. The third-order valence-electron chi connectivity index (χ3n) is 26.6. The SMILES string of the molecule is C.C.C.C=COC(=O)Oc1cc2c(cc1OC)[C@@]1(CS[C@@H]3c4c(OC(C)=O)c(C)c5c(c4[C@H](COC1=O)N1C3[C@H]3c4c(cc(C)c(OC)c4O)C[C@@H]([C@@H]1C#N)N3C)OCO5)N(C(=O)OC=C)CC2.C=COC(=O)Oc1cc2c(cc1OC)[C@@]1(CS[C@@H]3c4c(OC(C)=O)c(C)c5c(c4[C@H](COC1=O)N1C3[C@H]3c4c(cc(C)c(OC)c4O)C[C@@H]([C@@H]1O)N3C)OCO5)N(C(=O)OC=C)CC2. The first-order valence-corrected chi connectivity index (χ1v) is 43.4. The third kappa shape index (κ3) is 14.6. The number of phenols is 2. The molecule has 702 valence electrons. The molecule has 132 heavy (non-hydrogen) atoms. The third-order valence-corrected chi connectivity index (χ3v) is 29.6. The Morgan fingerprint density at radius 3 is 1.29 bits per heavy atom. The van der Waals surface area contributed by atoms with Crippen LogP contribution in [-0.2, 0) is 84.4 Å². The van der Waals surface area contributed by atoms with Crippen molar-refractivity contribution in [2.75, 3.05) is 93.9 Å². The average molecular weight is 1860 g/mol. The molecule has 0 aliphatic carbocycles. The lowest BCUT2D eigenvalue weighted by Gasteiger charge is -2.62. The van der Waals surface area contributed by atoms with Crippen LogP contribution in [0.1, 0.15) is 160 Å². The Hall–Kier alpha value is -12.8. The number of piperazine rings is 2. The Balaban J connectivity index is 0.000000208. The average Bonchev–Trinajstić information content (AvgIpc) is 0.932. The number of nitriles is 1. The maximum atomic E-state index is 15.5. The number of amides is 2. The fraction of sp³-hybridized carbons (Fsp3) is 0.436. The van der Waals surface area contributed by atoms with Crippen LogP contribution in [0.25, 0.3) is 0 Å². The second-order valence-corrected chi connectivity index (χ2v) is 35.0. The van der Waals surface area contributed by atoms with Crippen molar-refractivity contribution in [1.29, 1.82) is 5.26 Å². The van der Waals surface area contributed by atoms with Crippen LogP contribution < -0.4 is 56.8 Å². The summed E-state index contributed by atoms with van der Waals surface area (Å²) in [6.07, 6.45) is -0.190. The van der Waals surface area contributed by atoms with Crippen molar-refractivity contribution in [2.24, 2.45) is 0 Å². The minimum absolute atomic E-state index is 0. The Labute approximate surface area is 770 Å². The highest BCUT2D eigenvalue weighted by Gasteiger charge is 2.67. The highest BCUT2D eigenvalue weighted by atomic mass is 32.2. The number of benzene rings is 6. The summed E-state index contributed by atoms with van der Waals surface area (Å²) in [4.78, 5) is 121. The Morgan fingerprint density at radius 1 is 0.500 bits per heavy atom. The van der Waals surface area contributed by atoms with Crippen LogP contribution in [0.15, 0.2) is 87.8 Å². The molecule has 6 aromatic rings. The number of aliphatic hydroxyl groups is 1. The molecule has 14 atom stereocenters. The number of carbonyl (C=O) groups excluding carboxylic acids is 8. The highest BCUT2D eigenvalue weighted by Crippen LogP contribution is 2.69. The van der Waals surface area contributed by atoms with E-state index in [1.807, 2.05) is 49.9 Å². The minimum atomic E-state index is -1.95. The fourth-order valence-electron chi connectivity index (χ4n) is 21.7. The maximum Gasteiger partial charge on any atom is 0.518 e. The zero-order chi connectivity index (χ0) is 91.7. The lowest BCUT2D eigenvalue weighted by atomic mass is 9.71. The standard InChI is InChI=1S/C46H46N4O14S.C45H47N3O15S.3CH4/c1-9-58-44(54)49-12-11-24-15-31(64-45(55)59-10-2)30(56-7)16-26(24)46(49)19-65-42-34-33(41-40(61-20-62-41)22(4)39(34)63-23(5)51)29(18-60-43(46)53)50-28(17-47)27-14-25-13-21(3)38(57-8)37(52)32(25)35(36(42)50)48(27)6;1-9-57-43(53)47-12-11-23-15-29(63-44(54)58-10-2)28(55-7)16-25(23)45(47)18-64-40-32-31(39-38(60-19-61-39)21(4)37(32)62-22(5)49)27(17-59-42(45)52)48-34(40)33-30-24(14-26(41(48)51)46(33)6)13-20(3)36(56-8)35(30)50;;;/h9-10,13,15-16,27-29,35-36,42,52H,1-2,11-12,14,18-20H2,3-8H3;9-10,13,15-16,26-27,33-34,40-41,50-51H,1-2,11-12,14,17-19H2,3-8H3;3*1H4/t27-,28-,29-,35+,36?,42+,46+;26-,27-,33+,34?,40+,41-,45+;;;/m00.../s1. The Kier molecular flexibility index (Phi) is 26.5. The van der Waals surface area contributed by atoms with Crippen LogP contribution in [0.3, 0.4) is 0 Å². The van der Waals surface area contributed by atoms with Gasteiger partial charge in [-0.2, -0.15) is 5.26 Å². The molecular weight excluding hydrogens is 1760 g/mol. The van der Waals surface area contributed by atoms with E-state index >= 15 is 9.59 Å². The fourth-order valence-corrected chi connectivity index (χ4v) is 25.1. The maximum absolute atomic E-state index is 15.5. The summed E-state index contributed by atoms with van der Waals surface area (Å²) < 4.78 is 104. The number of likely N-dealkylation sites (N-methyl/N-ethyl adjacent to an activating group) is 2. The number of aliphatic hydroxyl groups excluding tert-OH is 1. The molecule has 4 fully saturated rings. The van der Waals surface area contributed by atoms with Gasteiger partial charge in [-0.1, -0.05) is 60.7 Å². The summed E-state index contributed by atoms with van der Waals surface area (Å²) in [7, 11) is 9.51. The normalized spacial score (nSPS) is 25.5. The van der Waals surface area contributed by atoms with Crippen molar-refractivity contribution < 1.29 is 139 Å².